The summed E-state index contributed by atoms with van der Waals surface area (Å²) in [5, 5.41) is 17.7. The van der Waals surface area contributed by atoms with Crippen LogP contribution in [0.4, 0.5) is 0 Å². The lowest BCUT2D eigenvalue weighted by Gasteiger charge is -2.03. The highest BCUT2D eigenvalue weighted by Gasteiger charge is 2.09. The van der Waals surface area contributed by atoms with Gasteiger partial charge in [-0.2, -0.15) is 0 Å². The molecule has 1 rings (SSSR count). The molecule has 76 valence electrons. The van der Waals surface area contributed by atoms with Crippen molar-refractivity contribution in [3.05, 3.63) is 29.8 Å². The summed E-state index contributed by atoms with van der Waals surface area (Å²) in [4.78, 5) is 9.56. The van der Waals surface area contributed by atoms with Gasteiger partial charge >= 0.3 is 7.12 Å². The minimum Gasteiger partial charge on any atom is -0.423 e. The van der Waals surface area contributed by atoms with Crippen molar-refractivity contribution in [2.24, 2.45) is 0 Å². The second-order valence-electron chi connectivity index (χ2n) is 2.78. The van der Waals surface area contributed by atoms with Crippen LogP contribution in [0.3, 0.4) is 0 Å². The molecule has 0 aliphatic rings. The molecule has 0 aliphatic carbocycles. The largest absolute Gasteiger partial charge is 0.488 e. The maximum atomic E-state index is 8.83. The van der Waals surface area contributed by atoms with E-state index in [-0.39, 0.29) is 0 Å². The first-order chi connectivity index (χ1) is 6.74. The van der Waals surface area contributed by atoms with Crippen LogP contribution < -0.4 is 5.46 Å². The van der Waals surface area contributed by atoms with Gasteiger partial charge in [0.1, 0.15) is 6.61 Å². The molecule has 4 nitrogen and oxygen atoms in total. The average Bonchev–Trinajstić information content (AvgIpc) is 2.19. The zero-order valence-electron chi connectivity index (χ0n) is 8.01. The van der Waals surface area contributed by atoms with Gasteiger partial charge in [0.25, 0.3) is 0 Å². The molecule has 0 unspecified atom stereocenters. The highest BCUT2D eigenvalue weighted by molar-refractivity contribution is 6.58. The third-order valence-electron chi connectivity index (χ3n) is 1.70. The molecule has 0 saturated heterocycles. The molecule has 0 atom stereocenters. The van der Waals surface area contributed by atoms with E-state index in [0.717, 1.165) is 5.56 Å². The molecule has 0 aromatic heterocycles. The van der Waals surface area contributed by atoms with Crippen molar-refractivity contribution in [1.29, 1.82) is 0 Å². The van der Waals surface area contributed by atoms with Crippen LogP contribution in [0, 0.1) is 0 Å². The van der Waals surface area contributed by atoms with E-state index < -0.39 is 7.12 Å². The standard InChI is InChI=1S/C9H13BO4/c1-2-13-14-7-8-3-5-9(6-4-8)10(11)12/h3-6,11-12H,2,7H2,1H3. The van der Waals surface area contributed by atoms with Crippen molar-refractivity contribution in [2.75, 3.05) is 6.61 Å². The van der Waals surface area contributed by atoms with E-state index in [1.54, 1.807) is 24.3 Å². The maximum absolute atomic E-state index is 8.83. The summed E-state index contributed by atoms with van der Waals surface area (Å²) in [6, 6.07) is 6.78. The van der Waals surface area contributed by atoms with Crippen LogP contribution in [-0.4, -0.2) is 23.8 Å². The third kappa shape index (κ3) is 3.47. The molecule has 2 N–H and O–H groups in total. The van der Waals surface area contributed by atoms with Gasteiger partial charge in [-0.1, -0.05) is 24.3 Å². The quantitative estimate of drug-likeness (QED) is 0.297. The van der Waals surface area contributed by atoms with Gasteiger partial charge < -0.3 is 10.0 Å². The van der Waals surface area contributed by atoms with Crippen LogP contribution in [0.15, 0.2) is 24.3 Å². The minimum absolute atomic E-state index is 0.357. The van der Waals surface area contributed by atoms with Gasteiger partial charge in [-0.15, -0.1) is 0 Å². The summed E-state index contributed by atoms with van der Waals surface area (Å²) >= 11 is 0. The van der Waals surface area contributed by atoms with Gasteiger partial charge in [-0.25, -0.2) is 9.78 Å². The first kappa shape index (κ1) is 11.2. The van der Waals surface area contributed by atoms with Crippen LogP contribution in [0.5, 0.6) is 0 Å². The lowest BCUT2D eigenvalue weighted by Crippen LogP contribution is -2.29. The molecule has 0 spiro atoms. The van der Waals surface area contributed by atoms with Gasteiger partial charge in [-0.05, 0) is 17.9 Å². The Hall–Kier alpha value is -0.875. The Balaban J connectivity index is 2.47. The minimum atomic E-state index is -1.42. The summed E-state index contributed by atoms with van der Waals surface area (Å²) in [6.07, 6.45) is 0. The van der Waals surface area contributed by atoms with E-state index in [0.29, 0.717) is 18.7 Å². The molecule has 0 amide bonds. The molecule has 0 saturated carbocycles. The van der Waals surface area contributed by atoms with Crippen molar-refractivity contribution >= 4 is 12.6 Å². The van der Waals surface area contributed by atoms with Gasteiger partial charge in [-0.3, -0.25) is 0 Å². The molecule has 0 radical (unpaired) electrons. The van der Waals surface area contributed by atoms with Crippen LogP contribution in [0.2, 0.25) is 0 Å². The Kier molecular flexibility index (Phi) is 4.62. The van der Waals surface area contributed by atoms with Crippen molar-refractivity contribution in [3.8, 4) is 0 Å². The van der Waals surface area contributed by atoms with E-state index in [9.17, 15) is 0 Å². The second kappa shape index (κ2) is 5.77. The van der Waals surface area contributed by atoms with Crippen molar-refractivity contribution in [1.82, 2.24) is 0 Å². The molecular weight excluding hydrogens is 183 g/mol. The smallest absolute Gasteiger partial charge is 0.423 e. The molecular formula is C9H13BO4. The topological polar surface area (TPSA) is 58.9 Å². The van der Waals surface area contributed by atoms with Crippen molar-refractivity contribution < 1.29 is 19.8 Å². The summed E-state index contributed by atoms with van der Waals surface area (Å²) in [5.41, 5.74) is 1.38. The predicted molar refractivity (Wildman–Crippen MR) is 52.7 cm³/mol. The zero-order chi connectivity index (χ0) is 10.4. The summed E-state index contributed by atoms with van der Waals surface area (Å²) in [6.45, 7) is 2.70. The van der Waals surface area contributed by atoms with Crippen molar-refractivity contribution in [2.45, 2.75) is 13.5 Å². The fraction of sp³-hybridized carbons (Fsp3) is 0.333. The Morgan fingerprint density at radius 2 is 1.79 bits per heavy atom. The van der Waals surface area contributed by atoms with Crippen molar-refractivity contribution in [3.63, 3.8) is 0 Å². The van der Waals surface area contributed by atoms with Crippen LogP contribution in [-0.2, 0) is 16.4 Å². The van der Waals surface area contributed by atoms with E-state index in [1.165, 1.54) is 0 Å². The van der Waals surface area contributed by atoms with E-state index >= 15 is 0 Å². The van der Waals surface area contributed by atoms with Gasteiger partial charge in [0.15, 0.2) is 0 Å². The second-order valence-corrected chi connectivity index (χ2v) is 2.78. The molecule has 0 bridgehead atoms. The third-order valence-corrected chi connectivity index (χ3v) is 1.70. The van der Waals surface area contributed by atoms with E-state index in [1.807, 2.05) is 6.92 Å². The summed E-state index contributed by atoms with van der Waals surface area (Å²) < 4.78 is 0. The predicted octanol–water partition coefficient (Wildman–Crippen LogP) is -0.166. The monoisotopic (exact) mass is 196 g/mol. The van der Waals surface area contributed by atoms with E-state index in [2.05, 4.69) is 0 Å². The van der Waals surface area contributed by atoms with E-state index in [4.69, 9.17) is 19.8 Å². The zero-order valence-corrected chi connectivity index (χ0v) is 8.01. The number of hydrogen-bond acceptors (Lipinski definition) is 4. The SMILES string of the molecule is CCOOCc1ccc(B(O)O)cc1. The van der Waals surface area contributed by atoms with Gasteiger partial charge in [0.2, 0.25) is 0 Å². The van der Waals surface area contributed by atoms with Gasteiger partial charge in [0, 0.05) is 0 Å². The maximum Gasteiger partial charge on any atom is 0.488 e. The Bertz CT molecular complexity index is 260. The molecule has 0 fully saturated rings. The number of benzene rings is 1. The Morgan fingerprint density at radius 1 is 1.14 bits per heavy atom. The lowest BCUT2D eigenvalue weighted by atomic mass is 9.80. The number of hydrogen-bond donors (Lipinski definition) is 2. The molecule has 0 aliphatic heterocycles. The fourth-order valence-corrected chi connectivity index (χ4v) is 0.979. The van der Waals surface area contributed by atoms with Gasteiger partial charge in [0.05, 0.1) is 6.61 Å². The number of rotatable bonds is 5. The lowest BCUT2D eigenvalue weighted by molar-refractivity contribution is -0.300. The van der Waals surface area contributed by atoms with Crippen LogP contribution in [0.1, 0.15) is 12.5 Å². The molecule has 1 aromatic rings. The highest BCUT2D eigenvalue weighted by atomic mass is 17.2. The average molecular weight is 196 g/mol. The first-order valence-electron chi connectivity index (χ1n) is 4.43. The summed E-state index contributed by atoms with van der Waals surface area (Å²) in [7, 11) is -1.42. The first-order valence-corrected chi connectivity index (χ1v) is 4.43. The molecule has 1 aromatic carbocycles. The summed E-state index contributed by atoms with van der Waals surface area (Å²) in [5.74, 6) is 0. The normalized spacial score (nSPS) is 10.2. The molecule has 5 heteroatoms. The van der Waals surface area contributed by atoms with Crippen LogP contribution in [0.25, 0.3) is 0 Å². The molecule has 0 heterocycles. The molecule has 14 heavy (non-hydrogen) atoms. The Labute approximate surface area is 83.2 Å². The highest BCUT2D eigenvalue weighted by Crippen LogP contribution is 1.99. The fourth-order valence-electron chi connectivity index (χ4n) is 0.979. The van der Waals surface area contributed by atoms with Crippen LogP contribution >= 0.6 is 0 Å². The Morgan fingerprint density at radius 3 is 2.29 bits per heavy atom.